The van der Waals surface area contributed by atoms with Crippen molar-refractivity contribution in [2.45, 2.75) is 31.3 Å². The van der Waals surface area contributed by atoms with E-state index in [0.29, 0.717) is 11.8 Å². The number of fused-ring (bicyclic) bond motifs is 3. The number of rotatable bonds is 1. The summed E-state index contributed by atoms with van der Waals surface area (Å²) in [5.74, 6) is 2.08. The Labute approximate surface area is 135 Å². The highest BCUT2D eigenvalue weighted by atomic mass is 16.5. The number of allylic oxidation sites excluding steroid dienone is 1. The number of hydrogen-bond acceptors (Lipinski definition) is 3. The summed E-state index contributed by atoms with van der Waals surface area (Å²) >= 11 is 0. The van der Waals surface area contributed by atoms with Crippen molar-refractivity contribution < 1.29 is 14.9 Å². The molecule has 0 bridgehead atoms. The standard InChI is InChI=1S/C20H20O3/c1-12-2-8-16-17(10-12)18-11-15(22)7-9-19(18)23-20(16)13-3-5-14(21)6-4-13/h3-7,9,11,16-17,20-22H,1-2,8,10H2/t16?,17-,20?/m0/s1. The normalized spacial score (nSPS) is 26.1. The second-order valence-corrected chi connectivity index (χ2v) is 6.62. The Morgan fingerprint density at radius 2 is 1.74 bits per heavy atom. The van der Waals surface area contributed by atoms with Crippen molar-refractivity contribution in [3.63, 3.8) is 0 Å². The second-order valence-electron chi connectivity index (χ2n) is 6.62. The van der Waals surface area contributed by atoms with E-state index < -0.39 is 0 Å². The molecule has 118 valence electrons. The highest BCUT2D eigenvalue weighted by molar-refractivity contribution is 5.46. The van der Waals surface area contributed by atoms with E-state index in [1.807, 2.05) is 24.3 Å². The van der Waals surface area contributed by atoms with Crippen LogP contribution in [-0.2, 0) is 0 Å². The summed E-state index contributed by atoms with van der Waals surface area (Å²) < 4.78 is 6.30. The van der Waals surface area contributed by atoms with Crippen molar-refractivity contribution in [1.29, 1.82) is 0 Å². The third-order valence-corrected chi connectivity index (χ3v) is 5.11. The van der Waals surface area contributed by atoms with Gasteiger partial charge in [-0.15, -0.1) is 0 Å². The van der Waals surface area contributed by atoms with Crippen LogP contribution in [0.5, 0.6) is 17.2 Å². The predicted octanol–water partition coefficient (Wildman–Crippen LogP) is 4.67. The first-order valence-corrected chi connectivity index (χ1v) is 8.07. The van der Waals surface area contributed by atoms with E-state index >= 15 is 0 Å². The van der Waals surface area contributed by atoms with E-state index in [1.165, 1.54) is 5.57 Å². The van der Waals surface area contributed by atoms with E-state index in [-0.39, 0.29) is 17.6 Å². The monoisotopic (exact) mass is 308 g/mol. The van der Waals surface area contributed by atoms with Crippen molar-refractivity contribution in [3.8, 4) is 17.2 Å². The van der Waals surface area contributed by atoms with Gasteiger partial charge in [0.05, 0.1) is 0 Å². The first-order chi connectivity index (χ1) is 11.1. The molecule has 1 saturated carbocycles. The Morgan fingerprint density at radius 3 is 2.52 bits per heavy atom. The molecular weight excluding hydrogens is 288 g/mol. The van der Waals surface area contributed by atoms with Crippen LogP contribution in [0, 0.1) is 5.92 Å². The zero-order chi connectivity index (χ0) is 16.0. The number of phenolic OH excluding ortho intramolecular Hbond substituents is 2. The molecule has 23 heavy (non-hydrogen) atoms. The second kappa shape index (κ2) is 5.34. The molecule has 3 atom stereocenters. The van der Waals surface area contributed by atoms with Crippen LogP contribution in [0.25, 0.3) is 0 Å². The number of ether oxygens (including phenoxy) is 1. The van der Waals surface area contributed by atoms with E-state index in [0.717, 1.165) is 36.1 Å². The summed E-state index contributed by atoms with van der Waals surface area (Å²) in [7, 11) is 0. The van der Waals surface area contributed by atoms with Crippen molar-refractivity contribution in [3.05, 3.63) is 65.7 Å². The third kappa shape index (κ3) is 2.46. The summed E-state index contributed by atoms with van der Waals surface area (Å²) in [4.78, 5) is 0. The van der Waals surface area contributed by atoms with Gasteiger partial charge in [-0.05, 0) is 61.1 Å². The lowest BCUT2D eigenvalue weighted by Crippen LogP contribution is -2.32. The van der Waals surface area contributed by atoms with Gasteiger partial charge in [0, 0.05) is 11.5 Å². The van der Waals surface area contributed by atoms with Gasteiger partial charge >= 0.3 is 0 Å². The summed E-state index contributed by atoms with van der Waals surface area (Å²) in [5, 5.41) is 19.4. The Balaban J connectivity index is 1.78. The van der Waals surface area contributed by atoms with Crippen molar-refractivity contribution in [2.24, 2.45) is 5.92 Å². The van der Waals surface area contributed by atoms with Crippen LogP contribution in [0.3, 0.4) is 0 Å². The fraction of sp³-hybridized carbons (Fsp3) is 0.300. The molecule has 1 fully saturated rings. The maximum absolute atomic E-state index is 9.85. The van der Waals surface area contributed by atoms with Gasteiger partial charge in [0.1, 0.15) is 23.4 Å². The molecule has 3 nitrogen and oxygen atoms in total. The number of hydrogen-bond donors (Lipinski definition) is 2. The molecule has 0 spiro atoms. The minimum absolute atomic E-state index is 0.0225. The quantitative estimate of drug-likeness (QED) is 0.753. The summed E-state index contributed by atoms with van der Waals surface area (Å²) in [6.45, 7) is 4.17. The SMILES string of the molecule is C=C1CCC2C(c3ccc(O)cc3)Oc3ccc(O)cc3[C@H]2C1. The van der Waals surface area contributed by atoms with Crippen LogP contribution in [0.1, 0.15) is 42.4 Å². The van der Waals surface area contributed by atoms with Gasteiger partial charge in [-0.1, -0.05) is 24.3 Å². The molecular formula is C20H20O3. The highest BCUT2D eigenvalue weighted by Crippen LogP contribution is 2.53. The van der Waals surface area contributed by atoms with Crippen LogP contribution in [-0.4, -0.2) is 10.2 Å². The predicted molar refractivity (Wildman–Crippen MR) is 88.8 cm³/mol. The van der Waals surface area contributed by atoms with E-state index in [2.05, 4.69) is 6.58 Å². The first kappa shape index (κ1) is 14.2. The van der Waals surface area contributed by atoms with Crippen LogP contribution in [0.4, 0.5) is 0 Å². The topological polar surface area (TPSA) is 49.7 Å². The van der Waals surface area contributed by atoms with Gasteiger partial charge in [0.25, 0.3) is 0 Å². The molecule has 2 aromatic carbocycles. The van der Waals surface area contributed by atoms with E-state index in [1.54, 1.807) is 18.2 Å². The van der Waals surface area contributed by atoms with Crippen LogP contribution < -0.4 is 4.74 Å². The molecule has 0 saturated heterocycles. The molecule has 4 rings (SSSR count). The molecule has 2 N–H and O–H groups in total. The molecule has 1 heterocycles. The molecule has 1 aliphatic carbocycles. The van der Waals surface area contributed by atoms with Crippen LogP contribution in [0.15, 0.2) is 54.6 Å². The Morgan fingerprint density at radius 1 is 1.00 bits per heavy atom. The zero-order valence-corrected chi connectivity index (χ0v) is 12.9. The van der Waals surface area contributed by atoms with E-state index in [4.69, 9.17) is 4.74 Å². The molecule has 0 amide bonds. The molecule has 1 aliphatic heterocycles. The van der Waals surface area contributed by atoms with Gasteiger partial charge in [0.2, 0.25) is 0 Å². The Kier molecular flexibility index (Phi) is 3.29. The van der Waals surface area contributed by atoms with Gasteiger partial charge in [-0.2, -0.15) is 0 Å². The molecule has 0 aromatic heterocycles. The Hall–Kier alpha value is -2.42. The lowest BCUT2D eigenvalue weighted by atomic mass is 9.68. The summed E-state index contributed by atoms with van der Waals surface area (Å²) in [6.07, 6.45) is 2.97. The molecule has 2 aliphatic rings. The van der Waals surface area contributed by atoms with Crippen LogP contribution in [0.2, 0.25) is 0 Å². The van der Waals surface area contributed by atoms with Gasteiger partial charge in [-0.25, -0.2) is 0 Å². The van der Waals surface area contributed by atoms with Gasteiger partial charge in [0.15, 0.2) is 0 Å². The maximum Gasteiger partial charge on any atom is 0.127 e. The van der Waals surface area contributed by atoms with Crippen molar-refractivity contribution in [1.82, 2.24) is 0 Å². The summed E-state index contributed by atoms with van der Waals surface area (Å²) in [6, 6.07) is 12.6. The van der Waals surface area contributed by atoms with Crippen LogP contribution >= 0.6 is 0 Å². The Bertz CT molecular complexity index is 748. The van der Waals surface area contributed by atoms with Gasteiger partial charge < -0.3 is 14.9 Å². The largest absolute Gasteiger partial charge is 0.508 e. The van der Waals surface area contributed by atoms with E-state index in [9.17, 15) is 10.2 Å². The third-order valence-electron chi connectivity index (χ3n) is 5.11. The highest BCUT2D eigenvalue weighted by Gasteiger charge is 2.41. The fourth-order valence-corrected chi connectivity index (χ4v) is 3.98. The minimum Gasteiger partial charge on any atom is -0.508 e. The lowest BCUT2D eigenvalue weighted by Gasteiger charge is -2.43. The lowest BCUT2D eigenvalue weighted by molar-refractivity contribution is 0.0771. The average molecular weight is 308 g/mol. The summed E-state index contributed by atoms with van der Waals surface area (Å²) in [5.41, 5.74) is 3.45. The smallest absolute Gasteiger partial charge is 0.127 e. The number of phenols is 2. The molecule has 3 heteroatoms. The number of aromatic hydroxyl groups is 2. The van der Waals surface area contributed by atoms with Crippen molar-refractivity contribution in [2.75, 3.05) is 0 Å². The van der Waals surface area contributed by atoms with Crippen molar-refractivity contribution >= 4 is 0 Å². The van der Waals surface area contributed by atoms with Gasteiger partial charge in [-0.3, -0.25) is 0 Å². The number of benzene rings is 2. The molecule has 2 aromatic rings. The fourth-order valence-electron chi connectivity index (χ4n) is 3.98. The first-order valence-electron chi connectivity index (χ1n) is 8.07. The maximum atomic E-state index is 9.85. The zero-order valence-electron chi connectivity index (χ0n) is 12.9. The molecule has 0 radical (unpaired) electrons. The average Bonchev–Trinajstić information content (AvgIpc) is 2.55. The molecule has 2 unspecified atom stereocenters. The minimum atomic E-state index is -0.0225.